The molecule has 0 radical (unpaired) electrons. The Bertz CT molecular complexity index is 820. The highest BCUT2D eigenvalue weighted by atomic mass is 16.5. The first-order chi connectivity index (χ1) is 13.1. The Morgan fingerprint density at radius 2 is 1.96 bits per heavy atom. The van der Waals surface area contributed by atoms with E-state index < -0.39 is 5.54 Å². The maximum atomic E-state index is 12.3. The van der Waals surface area contributed by atoms with Gasteiger partial charge < -0.3 is 15.6 Å². The summed E-state index contributed by atoms with van der Waals surface area (Å²) < 4.78 is 5.72. The fourth-order valence-electron chi connectivity index (χ4n) is 4.47. The van der Waals surface area contributed by atoms with Crippen molar-refractivity contribution in [3.8, 4) is 0 Å². The Hall–Kier alpha value is -2.17. The van der Waals surface area contributed by atoms with Gasteiger partial charge in [0.05, 0.1) is 12.2 Å². The Morgan fingerprint density at radius 1 is 1.15 bits per heavy atom. The van der Waals surface area contributed by atoms with Crippen LogP contribution in [0.1, 0.15) is 58.6 Å². The van der Waals surface area contributed by atoms with E-state index in [0.717, 1.165) is 38.5 Å². The van der Waals surface area contributed by atoms with Gasteiger partial charge in [-0.2, -0.15) is 0 Å². The van der Waals surface area contributed by atoms with Crippen molar-refractivity contribution in [2.45, 2.75) is 56.1 Å². The molecule has 0 aromatic heterocycles. The van der Waals surface area contributed by atoms with Gasteiger partial charge in [-0.1, -0.05) is 36.4 Å². The average molecular weight is 365 g/mol. The second-order valence-electron chi connectivity index (χ2n) is 8.12. The quantitative estimate of drug-likeness (QED) is 0.815. The number of rotatable bonds is 4. The van der Waals surface area contributed by atoms with E-state index in [4.69, 9.17) is 10.5 Å². The molecule has 4 heteroatoms. The van der Waals surface area contributed by atoms with Crippen molar-refractivity contribution < 1.29 is 14.6 Å². The maximum absolute atomic E-state index is 12.3. The van der Waals surface area contributed by atoms with Gasteiger partial charge >= 0.3 is 5.97 Å². The molecule has 3 N–H and O–H groups in total. The number of aryl methyl sites for hydroxylation is 1. The number of fused-ring (bicyclic) bond motifs is 1. The summed E-state index contributed by atoms with van der Waals surface area (Å²) in [5.74, 6) is 0.191. The van der Waals surface area contributed by atoms with Crippen molar-refractivity contribution >= 4 is 5.97 Å². The van der Waals surface area contributed by atoms with Gasteiger partial charge in [0, 0.05) is 12.0 Å². The first kappa shape index (κ1) is 18.2. The second kappa shape index (κ2) is 7.45. The molecule has 3 atom stereocenters. The third-order valence-corrected chi connectivity index (χ3v) is 6.13. The van der Waals surface area contributed by atoms with Crippen molar-refractivity contribution in [1.29, 1.82) is 0 Å². The van der Waals surface area contributed by atoms with Gasteiger partial charge in [0.1, 0.15) is 6.10 Å². The molecule has 4 nitrogen and oxygen atoms in total. The van der Waals surface area contributed by atoms with Crippen LogP contribution in [0.15, 0.2) is 48.5 Å². The molecular weight excluding hydrogens is 338 g/mol. The summed E-state index contributed by atoms with van der Waals surface area (Å²) in [4.78, 5) is 12.3. The Kier molecular flexibility index (Phi) is 5.02. The summed E-state index contributed by atoms with van der Waals surface area (Å²) in [6.07, 6.45) is 5.26. The number of ether oxygens (including phenoxy) is 1. The van der Waals surface area contributed by atoms with Crippen molar-refractivity contribution in [2.24, 2.45) is 5.73 Å². The Labute approximate surface area is 160 Å². The topological polar surface area (TPSA) is 72.6 Å². The third kappa shape index (κ3) is 3.92. The molecule has 0 aliphatic heterocycles. The zero-order valence-electron chi connectivity index (χ0n) is 15.6. The van der Waals surface area contributed by atoms with Crippen LogP contribution in [0.2, 0.25) is 0 Å². The van der Waals surface area contributed by atoms with Crippen molar-refractivity contribution in [1.82, 2.24) is 0 Å². The lowest BCUT2D eigenvalue weighted by molar-refractivity contribution is 0.0271. The van der Waals surface area contributed by atoms with Gasteiger partial charge in [-0.25, -0.2) is 4.79 Å². The molecule has 0 heterocycles. The van der Waals surface area contributed by atoms with E-state index >= 15 is 0 Å². The zero-order chi connectivity index (χ0) is 18.9. The van der Waals surface area contributed by atoms with Gasteiger partial charge in [0.2, 0.25) is 0 Å². The minimum Gasteiger partial charge on any atom is -0.458 e. The van der Waals surface area contributed by atoms with E-state index in [-0.39, 0.29) is 18.7 Å². The number of esters is 1. The number of hydrogen-bond donors (Lipinski definition) is 2. The molecule has 142 valence electrons. The van der Waals surface area contributed by atoms with Crippen LogP contribution in [0.5, 0.6) is 0 Å². The van der Waals surface area contributed by atoms with Crippen LogP contribution in [0.4, 0.5) is 0 Å². The van der Waals surface area contributed by atoms with Crippen molar-refractivity contribution in [2.75, 3.05) is 6.61 Å². The lowest BCUT2D eigenvalue weighted by atomic mass is 9.85. The molecule has 0 saturated heterocycles. The highest BCUT2D eigenvalue weighted by Crippen LogP contribution is 2.40. The largest absolute Gasteiger partial charge is 0.458 e. The lowest BCUT2D eigenvalue weighted by Gasteiger charge is -2.26. The van der Waals surface area contributed by atoms with Crippen LogP contribution >= 0.6 is 0 Å². The molecule has 1 unspecified atom stereocenters. The van der Waals surface area contributed by atoms with Crippen LogP contribution in [-0.2, 0) is 17.6 Å². The first-order valence-corrected chi connectivity index (χ1v) is 9.84. The van der Waals surface area contributed by atoms with Crippen molar-refractivity contribution in [3.63, 3.8) is 0 Å². The monoisotopic (exact) mass is 365 g/mol. The standard InChI is InChI=1S/C23H27NO3/c24-23(15-25)11-10-20(14-23)18-6-7-19-13-21(9-8-17(19)12-18)27-22(26)16-4-2-1-3-5-16/h1-7,12,20-21,25H,8-11,13-15,24H2/t20-,21?,23-/m0/s1. The smallest absolute Gasteiger partial charge is 0.338 e. The number of aliphatic hydroxyl groups is 1. The summed E-state index contributed by atoms with van der Waals surface area (Å²) in [6, 6.07) is 15.8. The van der Waals surface area contributed by atoms with E-state index in [0.29, 0.717) is 11.5 Å². The van der Waals surface area contributed by atoms with Gasteiger partial charge in [0.25, 0.3) is 0 Å². The predicted molar refractivity (Wildman–Crippen MR) is 105 cm³/mol. The van der Waals surface area contributed by atoms with Crippen molar-refractivity contribution in [3.05, 3.63) is 70.8 Å². The van der Waals surface area contributed by atoms with E-state index in [1.807, 2.05) is 18.2 Å². The number of hydrogen-bond acceptors (Lipinski definition) is 4. The Balaban J connectivity index is 1.42. The SMILES string of the molecule is N[C@@]1(CO)CC[C@H](c2ccc3c(c2)CCC(OC(=O)c2ccccc2)C3)C1. The molecule has 2 aliphatic rings. The number of nitrogens with two attached hydrogens (primary N) is 1. The number of benzene rings is 2. The summed E-state index contributed by atoms with van der Waals surface area (Å²) in [5.41, 5.74) is 10.4. The molecule has 0 bridgehead atoms. The summed E-state index contributed by atoms with van der Waals surface area (Å²) in [7, 11) is 0. The highest BCUT2D eigenvalue weighted by molar-refractivity contribution is 5.89. The fraction of sp³-hybridized carbons (Fsp3) is 0.435. The molecule has 27 heavy (non-hydrogen) atoms. The third-order valence-electron chi connectivity index (χ3n) is 6.13. The van der Waals surface area contributed by atoms with E-state index in [2.05, 4.69) is 18.2 Å². The van der Waals surface area contributed by atoms with E-state index in [1.54, 1.807) is 12.1 Å². The zero-order valence-corrected chi connectivity index (χ0v) is 15.6. The predicted octanol–water partition coefficient (Wildman–Crippen LogP) is 3.36. The van der Waals surface area contributed by atoms with Crippen LogP contribution in [0, 0.1) is 0 Å². The van der Waals surface area contributed by atoms with E-state index in [1.165, 1.54) is 16.7 Å². The molecule has 1 saturated carbocycles. The molecule has 0 amide bonds. The molecule has 1 fully saturated rings. The number of aliphatic hydroxyl groups excluding tert-OH is 1. The minimum absolute atomic E-state index is 0.0584. The maximum Gasteiger partial charge on any atom is 0.338 e. The normalized spacial score (nSPS) is 27.2. The second-order valence-corrected chi connectivity index (χ2v) is 8.12. The lowest BCUT2D eigenvalue weighted by Crippen LogP contribution is -2.40. The van der Waals surface area contributed by atoms with Crippen LogP contribution in [0.3, 0.4) is 0 Å². The summed E-state index contributed by atoms with van der Waals surface area (Å²) in [6.45, 7) is 0.0584. The Morgan fingerprint density at radius 3 is 2.70 bits per heavy atom. The number of carbonyl (C=O) groups is 1. The van der Waals surface area contributed by atoms with Crippen LogP contribution in [0.25, 0.3) is 0 Å². The molecule has 2 aromatic carbocycles. The molecular formula is C23H27NO3. The highest BCUT2D eigenvalue weighted by Gasteiger charge is 2.36. The molecule has 4 rings (SSSR count). The number of carbonyl (C=O) groups excluding carboxylic acids is 1. The molecule has 2 aliphatic carbocycles. The summed E-state index contributed by atoms with van der Waals surface area (Å²) >= 11 is 0. The fourth-order valence-corrected chi connectivity index (χ4v) is 4.47. The van der Waals surface area contributed by atoms with Gasteiger partial charge in [-0.15, -0.1) is 0 Å². The van der Waals surface area contributed by atoms with E-state index in [9.17, 15) is 9.90 Å². The van der Waals surface area contributed by atoms with Gasteiger partial charge in [-0.3, -0.25) is 0 Å². The van der Waals surface area contributed by atoms with Crippen LogP contribution < -0.4 is 5.73 Å². The first-order valence-electron chi connectivity index (χ1n) is 9.84. The minimum atomic E-state index is -0.419. The average Bonchev–Trinajstić information content (AvgIpc) is 3.11. The molecule has 2 aromatic rings. The van der Waals surface area contributed by atoms with Crippen LogP contribution in [-0.4, -0.2) is 29.3 Å². The summed E-state index contributed by atoms with van der Waals surface area (Å²) in [5, 5.41) is 9.50. The van der Waals surface area contributed by atoms with Gasteiger partial charge in [-0.05, 0) is 66.8 Å². The molecule has 0 spiro atoms. The van der Waals surface area contributed by atoms with Gasteiger partial charge in [0.15, 0.2) is 0 Å².